The van der Waals surface area contributed by atoms with Gasteiger partial charge in [-0.15, -0.1) is 0 Å². The number of aromatic amines is 1. The van der Waals surface area contributed by atoms with Crippen LogP contribution in [0.2, 0.25) is 0 Å². The van der Waals surface area contributed by atoms with Gasteiger partial charge in [-0.3, -0.25) is 10.1 Å². The van der Waals surface area contributed by atoms with E-state index in [2.05, 4.69) is 4.98 Å². The van der Waals surface area contributed by atoms with Crippen LogP contribution < -0.4 is 9.47 Å². The van der Waals surface area contributed by atoms with Gasteiger partial charge in [0.2, 0.25) is 0 Å². The molecule has 0 unspecified atom stereocenters. The van der Waals surface area contributed by atoms with Crippen LogP contribution in [0, 0.1) is 10.1 Å². The summed E-state index contributed by atoms with van der Waals surface area (Å²) in [6.07, 6.45) is 0. The molecule has 9 nitrogen and oxygen atoms in total. The summed E-state index contributed by atoms with van der Waals surface area (Å²) in [7, 11) is 4.15. The maximum atomic E-state index is 12.4. The van der Waals surface area contributed by atoms with E-state index >= 15 is 0 Å². The van der Waals surface area contributed by atoms with Gasteiger partial charge in [0, 0.05) is 5.56 Å². The molecule has 30 heavy (non-hydrogen) atoms. The van der Waals surface area contributed by atoms with E-state index in [1.807, 2.05) is 0 Å². The predicted molar refractivity (Wildman–Crippen MR) is 109 cm³/mol. The molecule has 1 heterocycles. The average molecular weight is 412 g/mol. The summed E-state index contributed by atoms with van der Waals surface area (Å²) in [6.45, 7) is -0.284. The van der Waals surface area contributed by atoms with E-state index in [1.54, 1.807) is 42.5 Å². The monoisotopic (exact) mass is 412 g/mol. The standard InChI is InChI=1S/C21H20N2O7/c1-28-15-6-4-13(5-7-15)17-19(21(25)30-3)22-18(20(17)23(26)27)14-8-12(11-24)9-16(10-14)29-2/h4-10,22,24H,11H2,1-3H3. The zero-order chi connectivity index (χ0) is 21.8. The minimum atomic E-state index is -0.750. The minimum Gasteiger partial charge on any atom is -0.497 e. The fourth-order valence-electron chi connectivity index (χ4n) is 3.19. The van der Waals surface area contributed by atoms with Crippen LogP contribution in [0.1, 0.15) is 16.1 Å². The molecule has 0 aliphatic rings. The molecule has 0 spiro atoms. The summed E-state index contributed by atoms with van der Waals surface area (Å²) in [5.41, 5.74) is 1.16. The van der Waals surface area contributed by atoms with Crippen molar-refractivity contribution < 1.29 is 29.0 Å². The second-order valence-electron chi connectivity index (χ2n) is 6.30. The van der Waals surface area contributed by atoms with E-state index in [9.17, 15) is 20.0 Å². The van der Waals surface area contributed by atoms with Crippen molar-refractivity contribution >= 4 is 11.7 Å². The van der Waals surface area contributed by atoms with E-state index < -0.39 is 10.9 Å². The largest absolute Gasteiger partial charge is 0.497 e. The van der Waals surface area contributed by atoms with Crippen LogP contribution in [0.4, 0.5) is 5.69 Å². The lowest BCUT2D eigenvalue weighted by molar-refractivity contribution is -0.383. The lowest BCUT2D eigenvalue weighted by atomic mass is 10.0. The molecule has 3 aromatic rings. The zero-order valence-corrected chi connectivity index (χ0v) is 16.6. The van der Waals surface area contributed by atoms with Crippen molar-refractivity contribution in [2.45, 2.75) is 6.61 Å². The third kappa shape index (κ3) is 3.83. The fraction of sp³-hybridized carbons (Fsp3) is 0.190. The van der Waals surface area contributed by atoms with Crippen LogP contribution in [0.5, 0.6) is 11.5 Å². The Kier molecular flexibility index (Phi) is 6.03. The number of H-pyrrole nitrogens is 1. The normalized spacial score (nSPS) is 10.5. The summed E-state index contributed by atoms with van der Waals surface area (Å²) in [4.78, 5) is 26.8. The Morgan fingerprint density at radius 1 is 1.03 bits per heavy atom. The zero-order valence-electron chi connectivity index (χ0n) is 16.6. The molecule has 0 aliphatic heterocycles. The van der Waals surface area contributed by atoms with Crippen LogP contribution in [-0.4, -0.2) is 42.3 Å². The number of methoxy groups -OCH3 is 3. The fourth-order valence-corrected chi connectivity index (χ4v) is 3.19. The van der Waals surface area contributed by atoms with Gasteiger partial charge < -0.3 is 24.3 Å². The molecule has 3 rings (SSSR count). The molecule has 9 heteroatoms. The topological polar surface area (TPSA) is 124 Å². The number of hydrogen-bond acceptors (Lipinski definition) is 7. The number of carbonyl (C=O) groups excluding carboxylic acids is 1. The van der Waals surface area contributed by atoms with Crippen LogP contribution >= 0.6 is 0 Å². The molecule has 2 N–H and O–H groups in total. The molecule has 0 fully saturated rings. The highest BCUT2D eigenvalue weighted by molar-refractivity contribution is 6.02. The van der Waals surface area contributed by atoms with E-state index in [0.717, 1.165) is 0 Å². The Bertz CT molecular complexity index is 1070. The molecule has 156 valence electrons. The van der Waals surface area contributed by atoms with Gasteiger partial charge in [0.1, 0.15) is 22.9 Å². The van der Waals surface area contributed by atoms with Crippen molar-refractivity contribution in [2.75, 3.05) is 21.3 Å². The van der Waals surface area contributed by atoms with Gasteiger partial charge in [0.15, 0.2) is 0 Å². The predicted octanol–water partition coefficient (Wildman–Crippen LogP) is 3.55. The van der Waals surface area contributed by atoms with Gasteiger partial charge in [-0.05, 0) is 41.5 Å². The lowest BCUT2D eigenvalue weighted by Crippen LogP contribution is -2.04. The van der Waals surface area contributed by atoms with Crippen LogP contribution in [0.3, 0.4) is 0 Å². The smallest absolute Gasteiger partial charge is 0.355 e. The van der Waals surface area contributed by atoms with Crippen molar-refractivity contribution in [3.05, 3.63) is 63.8 Å². The number of aliphatic hydroxyl groups is 1. The summed E-state index contributed by atoms with van der Waals surface area (Å²) in [6, 6.07) is 11.3. The number of nitrogens with zero attached hydrogens (tertiary/aromatic N) is 1. The highest BCUT2D eigenvalue weighted by Crippen LogP contribution is 2.43. The molecule has 1 aromatic heterocycles. The molecular weight excluding hydrogens is 392 g/mol. The number of rotatable bonds is 7. The number of esters is 1. The van der Waals surface area contributed by atoms with Crippen molar-refractivity contribution in [3.8, 4) is 33.9 Å². The van der Waals surface area contributed by atoms with Crippen molar-refractivity contribution in [3.63, 3.8) is 0 Å². The summed E-state index contributed by atoms with van der Waals surface area (Å²) in [5, 5.41) is 21.6. The lowest BCUT2D eigenvalue weighted by Gasteiger charge is -2.07. The van der Waals surface area contributed by atoms with Gasteiger partial charge in [0.25, 0.3) is 0 Å². The second-order valence-corrected chi connectivity index (χ2v) is 6.30. The Morgan fingerprint density at radius 2 is 1.70 bits per heavy atom. The van der Waals surface area contributed by atoms with Gasteiger partial charge in [-0.1, -0.05) is 12.1 Å². The number of aliphatic hydroxyl groups excluding tert-OH is 1. The highest BCUT2D eigenvalue weighted by atomic mass is 16.6. The summed E-state index contributed by atoms with van der Waals surface area (Å²) >= 11 is 0. The molecule has 0 aliphatic carbocycles. The summed E-state index contributed by atoms with van der Waals surface area (Å²) in [5.74, 6) is 0.226. The van der Waals surface area contributed by atoms with Crippen LogP contribution in [0.25, 0.3) is 22.4 Å². The van der Waals surface area contributed by atoms with E-state index in [1.165, 1.54) is 21.3 Å². The Hall–Kier alpha value is -3.85. The highest BCUT2D eigenvalue weighted by Gasteiger charge is 2.32. The first kappa shape index (κ1) is 20.9. The maximum absolute atomic E-state index is 12.4. The summed E-state index contributed by atoms with van der Waals surface area (Å²) < 4.78 is 15.2. The SMILES string of the molecule is COC(=O)c1[nH]c(-c2cc(CO)cc(OC)c2)c([N+](=O)[O-])c1-c1ccc(OC)cc1. The maximum Gasteiger partial charge on any atom is 0.355 e. The Morgan fingerprint density at radius 3 is 2.23 bits per heavy atom. The van der Waals surface area contributed by atoms with Crippen molar-refractivity contribution in [1.82, 2.24) is 4.98 Å². The number of hydrogen-bond donors (Lipinski definition) is 2. The number of nitro groups is 1. The molecule has 0 amide bonds. The van der Waals surface area contributed by atoms with Crippen LogP contribution in [0.15, 0.2) is 42.5 Å². The van der Waals surface area contributed by atoms with Gasteiger partial charge in [0.05, 0.1) is 38.4 Å². The number of ether oxygens (including phenoxy) is 3. The molecule has 2 aromatic carbocycles. The van der Waals surface area contributed by atoms with Crippen molar-refractivity contribution in [2.24, 2.45) is 0 Å². The van der Waals surface area contributed by atoms with Crippen LogP contribution in [-0.2, 0) is 11.3 Å². The van der Waals surface area contributed by atoms with Gasteiger partial charge in [-0.2, -0.15) is 0 Å². The Labute approximate surface area is 172 Å². The third-order valence-electron chi connectivity index (χ3n) is 4.60. The molecule has 0 radical (unpaired) electrons. The molecule has 0 atom stereocenters. The molecule has 0 saturated heterocycles. The number of benzene rings is 2. The van der Waals surface area contributed by atoms with E-state index in [0.29, 0.717) is 28.2 Å². The number of aromatic nitrogens is 1. The second kappa shape index (κ2) is 8.66. The number of carbonyl (C=O) groups is 1. The van der Waals surface area contributed by atoms with Gasteiger partial charge in [-0.25, -0.2) is 4.79 Å². The average Bonchev–Trinajstić information content (AvgIpc) is 3.19. The van der Waals surface area contributed by atoms with Crippen molar-refractivity contribution in [1.29, 1.82) is 0 Å². The quantitative estimate of drug-likeness (QED) is 0.345. The van der Waals surface area contributed by atoms with E-state index in [-0.39, 0.29) is 29.2 Å². The number of nitrogens with one attached hydrogen (secondary N) is 1. The first-order valence-electron chi connectivity index (χ1n) is 8.85. The third-order valence-corrected chi connectivity index (χ3v) is 4.60. The van der Waals surface area contributed by atoms with E-state index in [4.69, 9.17) is 14.2 Å². The first-order chi connectivity index (χ1) is 14.4. The minimum absolute atomic E-state index is 0.0577. The Balaban J connectivity index is 2.33. The molecule has 0 bridgehead atoms. The molecule has 0 saturated carbocycles. The first-order valence-corrected chi connectivity index (χ1v) is 8.85. The molecular formula is C21H20N2O7. The van der Waals surface area contributed by atoms with Gasteiger partial charge >= 0.3 is 11.7 Å².